The first-order valence-corrected chi connectivity index (χ1v) is 5.52. The number of aromatic carboxylic acids is 1. The molecule has 1 N–H and O–H groups in total. The highest BCUT2D eigenvalue weighted by atomic mass is 16.5. The van der Waals surface area contributed by atoms with E-state index < -0.39 is 5.97 Å². The molecule has 6 heteroatoms. The van der Waals surface area contributed by atoms with Crippen LogP contribution in [0.4, 0.5) is 0 Å². The van der Waals surface area contributed by atoms with Gasteiger partial charge in [0.25, 0.3) is 5.88 Å². The second-order valence-corrected chi connectivity index (χ2v) is 3.68. The minimum absolute atomic E-state index is 0.163. The van der Waals surface area contributed by atoms with E-state index in [0.29, 0.717) is 6.61 Å². The smallest absolute Gasteiger partial charge is 0.356 e. The number of carboxylic acids is 1. The van der Waals surface area contributed by atoms with Crippen LogP contribution in [-0.4, -0.2) is 28.4 Å². The number of nitrogens with zero attached hydrogens (tertiary/aromatic N) is 2. The lowest BCUT2D eigenvalue weighted by molar-refractivity contribution is 0.0688. The van der Waals surface area contributed by atoms with Crippen molar-refractivity contribution in [3.63, 3.8) is 0 Å². The monoisotopic (exact) mass is 260 g/mol. The lowest BCUT2D eigenvalue weighted by Crippen LogP contribution is -2.06. The highest BCUT2D eigenvalue weighted by Gasteiger charge is 2.13. The van der Waals surface area contributed by atoms with Crippen LogP contribution in [0.2, 0.25) is 0 Å². The first kappa shape index (κ1) is 12.8. The average molecular weight is 260 g/mol. The second kappa shape index (κ2) is 5.81. The highest BCUT2D eigenvalue weighted by Crippen LogP contribution is 2.24. The molecule has 1 aromatic heterocycles. The Morgan fingerprint density at radius 3 is 2.63 bits per heavy atom. The molecule has 0 unspecified atom stereocenters. The van der Waals surface area contributed by atoms with Crippen LogP contribution in [0.1, 0.15) is 16.1 Å². The van der Waals surface area contributed by atoms with Crippen molar-refractivity contribution in [2.24, 2.45) is 0 Å². The van der Waals surface area contributed by atoms with Gasteiger partial charge in [0.1, 0.15) is 6.61 Å². The maximum absolute atomic E-state index is 10.8. The third-order valence-corrected chi connectivity index (χ3v) is 2.38. The molecule has 0 saturated heterocycles. The van der Waals surface area contributed by atoms with E-state index in [1.54, 1.807) is 0 Å². The van der Waals surface area contributed by atoms with Crippen LogP contribution in [0.15, 0.2) is 36.4 Å². The van der Waals surface area contributed by atoms with Crippen LogP contribution in [0.5, 0.6) is 11.6 Å². The van der Waals surface area contributed by atoms with E-state index in [0.717, 1.165) is 5.56 Å². The molecule has 0 aliphatic rings. The van der Waals surface area contributed by atoms with Crippen LogP contribution in [0.25, 0.3) is 0 Å². The van der Waals surface area contributed by atoms with Gasteiger partial charge < -0.3 is 14.6 Å². The molecule has 0 aliphatic carbocycles. The van der Waals surface area contributed by atoms with E-state index in [1.807, 2.05) is 30.3 Å². The van der Waals surface area contributed by atoms with Gasteiger partial charge in [-0.3, -0.25) is 0 Å². The lowest BCUT2D eigenvalue weighted by Gasteiger charge is -2.09. The normalized spacial score (nSPS) is 9.95. The van der Waals surface area contributed by atoms with Gasteiger partial charge in [-0.2, -0.15) is 0 Å². The van der Waals surface area contributed by atoms with Crippen molar-refractivity contribution in [2.75, 3.05) is 7.11 Å². The Hall–Kier alpha value is -2.63. The Morgan fingerprint density at radius 2 is 2.00 bits per heavy atom. The third-order valence-electron chi connectivity index (χ3n) is 2.38. The maximum atomic E-state index is 10.8. The molecule has 98 valence electrons. The van der Waals surface area contributed by atoms with Crippen molar-refractivity contribution < 1.29 is 19.4 Å². The third kappa shape index (κ3) is 3.19. The van der Waals surface area contributed by atoms with Crippen molar-refractivity contribution in [1.29, 1.82) is 0 Å². The molecule has 0 fully saturated rings. The minimum atomic E-state index is -1.17. The number of ether oxygens (including phenoxy) is 2. The summed E-state index contributed by atoms with van der Waals surface area (Å²) in [5, 5.41) is 16.1. The lowest BCUT2D eigenvalue weighted by atomic mass is 10.2. The van der Waals surface area contributed by atoms with Crippen LogP contribution in [-0.2, 0) is 6.61 Å². The van der Waals surface area contributed by atoms with Gasteiger partial charge in [0, 0.05) is 6.07 Å². The van der Waals surface area contributed by atoms with Crippen LogP contribution in [0.3, 0.4) is 0 Å². The van der Waals surface area contributed by atoms with Gasteiger partial charge in [-0.25, -0.2) is 4.79 Å². The Bertz CT molecular complexity index is 572. The molecule has 0 atom stereocenters. The highest BCUT2D eigenvalue weighted by molar-refractivity contribution is 5.85. The summed E-state index contributed by atoms with van der Waals surface area (Å²) in [6, 6.07) is 10.8. The summed E-state index contributed by atoms with van der Waals surface area (Å²) in [5.41, 5.74) is 0.776. The van der Waals surface area contributed by atoms with E-state index in [9.17, 15) is 4.79 Å². The molecule has 1 heterocycles. The first-order chi connectivity index (χ1) is 9.20. The van der Waals surface area contributed by atoms with Gasteiger partial charge >= 0.3 is 5.97 Å². The zero-order valence-electron chi connectivity index (χ0n) is 10.2. The fourth-order valence-corrected chi connectivity index (χ4v) is 1.44. The van der Waals surface area contributed by atoms with Crippen molar-refractivity contribution >= 4 is 5.97 Å². The number of methoxy groups -OCH3 is 1. The van der Waals surface area contributed by atoms with E-state index in [4.69, 9.17) is 14.6 Å². The van der Waals surface area contributed by atoms with Gasteiger partial charge in [0.15, 0.2) is 11.4 Å². The number of hydrogen-bond donors (Lipinski definition) is 1. The number of rotatable bonds is 5. The summed E-state index contributed by atoms with van der Waals surface area (Å²) in [7, 11) is 1.41. The van der Waals surface area contributed by atoms with Gasteiger partial charge in [0.2, 0.25) is 0 Å². The summed E-state index contributed by atoms with van der Waals surface area (Å²) in [6.45, 7) is 0.304. The van der Waals surface area contributed by atoms with Gasteiger partial charge in [-0.15, -0.1) is 10.2 Å². The molecule has 0 amide bonds. The van der Waals surface area contributed by atoms with Crippen molar-refractivity contribution in [1.82, 2.24) is 10.2 Å². The molecule has 19 heavy (non-hydrogen) atoms. The zero-order chi connectivity index (χ0) is 13.7. The molecule has 6 nitrogen and oxygen atoms in total. The number of benzene rings is 1. The predicted molar refractivity (Wildman–Crippen MR) is 66.3 cm³/mol. The molecule has 0 spiro atoms. The van der Waals surface area contributed by atoms with Crippen molar-refractivity contribution in [3.05, 3.63) is 47.7 Å². The van der Waals surface area contributed by atoms with Gasteiger partial charge in [-0.05, 0) is 5.56 Å². The fourth-order valence-electron chi connectivity index (χ4n) is 1.44. The summed E-state index contributed by atoms with van der Waals surface area (Å²) in [6.07, 6.45) is 0. The van der Waals surface area contributed by atoms with Crippen molar-refractivity contribution in [3.8, 4) is 11.6 Å². The quantitative estimate of drug-likeness (QED) is 0.882. The minimum Gasteiger partial charge on any atom is -0.491 e. The molecule has 0 bridgehead atoms. The largest absolute Gasteiger partial charge is 0.491 e. The molecule has 1 aromatic carbocycles. The Morgan fingerprint density at radius 1 is 1.26 bits per heavy atom. The summed E-state index contributed by atoms with van der Waals surface area (Å²) < 4.78 is 10.5. The number of hydrogen-bond acceptors (Lipinski definition) is 5. The first-order valence-electron chi connectivity index (χ1n) is 5.52. The van der Waals surface area contributed by atoms with E-state index in [2.05, 4.69) is 10.2 Å². The molecular weight excluding hydrogens is 248 g/mol. The van der Waals surface area contributed by atoms with E-state index in [1.165, 1.54) is 13.2 Å². The number of carboxylic acid groups (broad SMARTS) is 1. The molecule has 0 saturated carbocycles. The Labute approximate surface area is 109 Å². The SMILES string of the molecule is COc1cc(C(=O)O)nnc1OCc1ccccc1. The van der Waals surface area contributed by atoms with Gasteiger partial charge in [0.05, 0.1) is 7.11 Å². The molecular formula is C13H12N2O4. The van der Waals surface area contributed by atoms with Crippen LogP contribution >= 0.6 is 0 Å². The van der Waals surface area contributed by atoms with Gasteiger partial charge in [-0.1, -0.05) is 30.3 Å². The number of carbonyl (C=O) groups is 1. The summed E-state index contributed by atoms with van der Waals surface area (Å²) in [5.74, 6) is -0.764. The molecule has 0 radical (unpaired) electrons. The van der Waals surface area contributed by atoms with Crippen molar-refractivity contribution in [2.45, 2.75) is 6.61 Å². The molecule has 0 aliphatic heterocycles. The molecule has 2 rings (SSSR count). The fraction of sp³-hybridized carbons (Fsp3) is 0.154. The number of aromatic nitrogens is 2. The average Bonchev–Trinajstić information content (AvgIpc) is 2.45. The maximum Gasteiger partial charge on any atom is 0.356 e. The Balaban J connectivity index is 2.14. The van der Waals surface area contributed by atoms with E-state index in [-0.39, 0.29) is 17.3 Å². The summed E-state index contributed by atoms with van der Waals surface area (Å²) >= 11 is 0. The predicted octanol–water partition coefficient (Wildman–Crippen LogP) is 1.76. The Kier molecular flexibility index (Phi) is 3.92. The zero-order valence-corrected chi connectivity index (χ0v) is 10.2. The van der Waals surface area contributed by atoms with Crippen LogP contribution in [0, 0.1) is 0 Å². The summed E-state index contributed by atoms with van der Waals surface area (Å²) in [4.78, 5) is 10.8. The second-order valence-electron chi connectivity index (χ2n) is 3.68. The molecule has 2 aromatic rings. The van der Waals surface area contributed by atoms with Crippen LogP contribution < -0.4 is 9.47 Å². The van der Waals surface area contributed by atoms with E-state index >= 15 is 0 Å². The standard InChI is InChI=1S/C13H12N2O4/c1-18-11-7-10(13(16)17)14-15-12(11)19-8-9-5-3-2-4-6-9/h2-7H,8H2,1H3,(H,16,17). The topological polar surface area (TPSA) is 81.5 Å².